The molecule has 1 saturated heterocycles. The first-order valence-electron chi connectivity index (χ1n) is 9.64. The highest BCUT2D eigenvalue weighted by atomic mass is 35.5. The van der Waals surface area contributed by atoms with Crippen LogP contribution in [0.25, 0.3) is 11.3 Å². The van der Waals surface area contributed by atoms with Gasteiger partial charge in [0, 0.05) is 18.4 Å². The Morgan fingerprint density at radius 2 is 2.03 bits per heavy atom. The number of aromatic amines is 3. The summed E-state index contributed by atoms with van der Waals surface area (Å²) in [5.41, 5.74) is -2.47. The molecule has 1 atom stereocenters. The second-order valence-electron chi connectivity index (χ2n) is 7.44. The molecular formula is C20H14ClF2N7O4. The Morgan fingerprint density at radius 1 is 1.26 bits per heavy atom. The Morgan fingerprint density at radius 3 is 2.71 bits per heavy atom. The van der Waals surface area contributed by atoms with Gasteiger partial charge < -0.3 is 15.2 Å². The number of halogens is 3. The topological polar surface area (TPSA) is 168 Å². The molecular weight excluding hydrogens is 476 g/mol. The number of aromatic nitrogens is 4. The molecule has 14 heteroatoms. The molecule has 1 aromatic carbocycles. The molecule has 1 aliphatic heterocycles. The number of nitriles is 1. The maximum absolute atomic E-state index is 14.8. The van der Waals surface area contributed by atoms with Crippen molar-refractivity contribution in [3.05, 3.63) is 72.2 Å². The van der Waals surface area contributed by atoms with Gasteiger partial charge in [-0.1, -0.05) is 11.6 Å². The van der Waals surface area contributed by atoms with Gasteiger partial charge in [-0.05, 0) is 24.3 Å². The number of nitrogens with one attached hydrogen (secondary N) is 4. The van der Waals surface area contributed by atoms with Crippen molar-refractivity contribution in [3.8, 4) is 17.3 Å². The minimum Gasteiger partial charge on any atom is -0.360 e. The van der Waals surface area contributed by atoms with E-state index in [1.54, 1.807) is 0 Å². The third-order valence-electron chi connectivity index (χ3n) is 5.21. The van der Waals surface area contributed by atoms with Crippen molar-refractivity contribution in [2.24, 2.45) is 5.92 Å². The summed E-state index contributed by atoms with van der Waals surface area (Å²) < 4.78 is 29.5. The van der Waals surface area contributed by atoms with E-state index >= 15 is 0 Å². The maximum Gasteiger partial charge on any atom is 0.325 e. The molecule has 4 N–H and O–H groups in total. The number of H-pyrrole nitrogens is 3. The standard InChI is InChI=1S/C20H14ClF2N7O4/c21-13-3-10(2-1-9(13)5-24)26-17(32)12-7-30(8-20(12,22)23)15-4-14(28-29-18(15)33)11-6-25-19(34)27-16(11)31/h1-4,6,12H,7-8H2,(H,26,32)(H,29,33)(H2,25,27,31,34). The van der Waals surface area contributed by atoms with Crippen molar-refractivity contribution in [2.45, 2.75) is 5.92 Å². The van der Waals surface area contributed by atoms with Crippen molar-refractivity contribution in [1.29, 1.82) is 5.26 Å². The molecule has 3 heterocycles. The Bertz CT molecular complexity index is 1510. The summed E-state index contributed by atoms with van der Waals surface area (Å²) in [6.45, 7) is -1.44. The fourth-order valence-corrected chi connectivity index (χ4v) is 3.75. The summed E-state index contributed by atoms with van der Waals surface area (Å²) >= 11 is 5.92. The minimum absolute atomic E-state index is 0.0493. The van der Waals surface area contributed by atoms with E-state index in [0.717, 1.165) is 17.2 Å². The zero-order chi connectivity index (χ0) is 24.6. The molecule has 0 spiro atoms. The first-order valence-corrected chi connectivity index (χ1v) is 10.0. The van der Waals surface area contributed by atoms with Gasteiger partial charge in [0.2, 0.25) is 5.91 Å². The maximum atomic E-state index is 14.8. The molecule has 1 aliphatic rings. The fraction of sp³-hybridized carbons (Fsp3) is 0.200. The molecule has 0 bridgehead atoms. The highest BCUT2D eigenvalue weighted by molar-refractivity contribution is 6.32. The normalized spacial score (nSPS) is 16.8. The van der Waals surface area contributed by atoms with Crippen LogP contribution in [0.1, 0.15) is 5.56 Å². The molecule has 4 rings (SSSR count). The van der Waals surface area contributed by atoms with Crippen molar-refractivity contribution in [3.63, 3.8) is 0 Å². The van der Waals surface area contributed by atoms with E-state index in [1.165, 1.54) is 18.2 Å². The molecule has 0 saturated carbocycles. The van der Waals surface area contributed by atoms with E-state index in [2.05, 4.69) is 20.5 Å². The number of anilines is 2. The molecule has 0 aliphatic carbocycles. The van der Waals surface area contributed by atoms with Crippen LogP contribution >= 0.6 is 11.6 Å². The van der Waals surface area contributed by atoms with Crippen LogP contribution in [0.4, 0.5) is 20.2 Å². The summed E-state index contributed by atoms with van der Waals surface area (Å²) in [6, 6.07) is 6.94. The van der Waals surface area contributed by atoms with Gasteiger partial charge in [0.05, 0.1) is 28.4 Å². The largest absolute Gasteiger partial charge is 0.360 e. The summed E-state index contributed by atoms with van der Waals surface area (Å²) in [5.74, 6) is -6.31. The lowest BCUT2D eigenvalue weighted by Gasteiger charge is -2.17. The molecule has 1 fully saturated rings. The van der Waals surface area contributed by atoms with Crippen molar-refractivity contribution < 1.29 is 13.6 Å². The molecule has 0 radical (unpaired) electrons. The summed E-state index contributed by atoms with van der Waals surface area (Å²) in [7, 11) is 0. The molecule has 174 valence electrons. The van der Waals surface area contributed by atoms with Crippen molar-refractivity contribution >= 4 is 28.9 Å². The SMILES string of the molecule is N#Cc1ccc(NC(=O)C2CN(c3cc(-c4c[nH]c(=O)[nH]c4=O)n[nH]c3=O)CC2(F)F)cc1Cl. The average Bonchev–Trinajstić information content (AvgIpc) is 3.09. The van der Waals surface area contributed by atoms with E-state index < -0.39 is 47.6 Å². The lowest BCUT2D eigenvalue weighted by atomic mass is 10.0. The molecule has 2 aromatic heterocycles. The quantitative estimate of drug-likeness (QED) is 0.424. The van der Waals surface area contributed by atoms with Crippen molar-refractivity contribution in [2.75, 3.05) is 23.3 Å². The van der Waals surface area contributed by atoms with Crippen LogP contribution in [0.3, 0.4) is 0 Å². The Hall–Kier alpha value is -4.31. The van der Waals surface area contributed by atoms with Gasteiger partial charge in [-0.2, -0.15) is 10.4 Å². The number of nitrogens with zero attached hydrogens (tertiary/aromatic N) is 3. The van der Waals surface area contributed by atoms with Crippen LogP contribution < -0.4 is 27.0 Å². The number of amides is 1. The lowest BCUT2D eigenvalue weighted by Crippen LogP contribution is -2.36. The first-order chi connectivity index (χ1) is 16.1. The van der Waals surface area contributed by atoms with Gasteiger partial charge in [-0.25, -0.2) is 18.7 Å². The number of rotatable bonds is 4. The number of carbonyl (C=O) groups excluding carboxylic acids is 1. The van der Waals surface area contributed by atoms with Gasteiger partial charge in [0.15, 0.2) is 0 Å². The van der Waals surface area contributed by atoms with Gasteiger partial charge >= 0.3 is 5.69 Å². The Balaban J connectivity index is 1.60. The number of hydrogen-bond acceptors (Lipinski definition) is 7. The number of hydrogen-bond donors (Lipinski definition) is 4. The number of carbonyl (C=O) groups is 1. The van der Waals surface area contributed by atoms with Gasteiger partial charge in [0.1, 0.15) is 17.7 Å². The molecule has 1 amide bonds. The summed E-state index contributed by atoms with van der Waals surface area (Å²) in [4.78, 5) is 53.4. The van der Waals surface area contributed by atoms with E-state index in [1.807, 2.05) is 11.1 Å². The third kappa shape index (κ3) is 4.30. The fourth-order valence-electron chi connectivity index (χ4n) is 3.52. The Labute approximate surface area is 193 Å². The van der Waals surface area contributed by atoms with E-state index in [0.29, 0.717) is 0 Å². The second kappa shape index (κ2) is 8.56. The van der Waals surface area contributed by atoms with Crippen molar-refractivity contribution in [1.82, 2.24) is 20.2 Å². The number of alkyl halides is 2. The van der Waals surface area contributed by atoms with E-state index in [9.17, 15) is 28.0 Å². The van der Waals surface area contributed by atoms with Crippen LogP contribution in [0.5, 0.6) is 0 Å². The van der Waals surface area contributed by atoms with E-state index in [4.69, 9.17) is 16.9 Å². The zero-order valence-electron chi connectivity index (χ0n) is 17.0. The van der Waals surface area contributed by atoms with Crippen LogP contribution in [0.15, 0.2) is 44.8 Å². The lowest BCUT2D eigenvalue weighted by molar-refractivity contribution is -0.128. The van der Waals surface area contributed by atoms with Gasteiger partial charge in [-0.3, -0.25) is 19.4 Å². The summed E-state index contributed by atoms with van der Waals surface area (Å²) in [6.07, 6.45) is 1.07. The second-order valence-corrected chi connectivity index (χ2v) is 7.85. The molecule has 3 aromatic rings. The van der Waals surface area contributed by atoms with Crippen LogP contribution in [0, 0.1) is 17.2 Å². The number of benzene rings is 1. The Kier molecular flexibility index (Phi) is 5.76. The molecule has 11 nitrogen and oxygen atoms in total. The van der Waals surface area contributed by atoms with Gasteiger partial charge in [-0.15, -0.1) is 0 Å². The average molecular weight is 490 g/mol. The predicted octanol–water partition coefficient (Wildman–Crippen LogP) is 1.05. The van der Waals surface area contributed by atoms with Crippen LogP contribution in [-0.4, -0.2) is 45.1 Å². The smallest absolute Gasteiger partial charge is 0.325 e. The highest BCUT2D eigenvalue weighted by Crippen LogP contribution is 2.36. The minimum atomic E-state index is -3.49. The van der Waals surface area contributed by atoms with Gasteiger partial charge in [0.25, 0.3) is 17.0 Å². The molecule has 1 unspecified atom stereocenters. The van der Waals surface area contributed by atoms with Crippen LogP contribution in [0.2, 0.25) is 5.02 Å². The highest BCUT2D eigenvalue weighted by Gasteiger charge is 2.52. The van der Waals surface area contributed by atoms with E-state index in [-0.39, 0.29) is 33.2 Å². The van der Waals surface area contributed by atoms with Crippen LogP contribution in [-0.2, 0) is 4.79 Å². The predicted molar refractivity (Wildman–Crippen MR) is 117 cm³/mol. The summed E-state index contributed by atoms with van der Waals surface area (Å²) in [5, 5.41) is 17.2. The zero-order valence-corrected chi connectivity index (χ0v) is 17.7. The third-order valence-corrected chi connectivity index (χ3v) is 5.52. The molecule has 34 heavy (non-hydrogen) atoms. The first kappa shape index (κ1) is 22.9. The monoisotopic (exact) mass is 489 g/mol.